The fourth-order valence-electron chi connectivity index (χ4n) is 1.19. The maximum absolute atomic E-state index is 10.9. The van der Waals surface area contributed by atoms with Crippen molar-refractivity contribution in [3.8, 4) is 0 Å². The average molecular weight is 174 g/mol. The third-order valence-electron chi connectivity index (χ3n) is 1.76. The summed E-state index contributed by atoms with van der Waals surface area (Å²) in [6.07, 6.45) is 0. The third-order valence-corrected chi connectivity index (χ3v) is 2.11. The number of carbonyl (C=O) groups excluding carboxylic acids is 2. The maximum Gasteiger partial charge on any atom is 0.254 e. The number of amides is 2. The number of nitrogens with zero attached hydrogens (tertiary/aromatic N) is 2. The van der Waals surface area contributed by atoms with Crippen molar-refractivity contribution in [2.75, 3.05) is 0 Å². The molecule has 0 aliphatic carbocycles. The van der Waals surface area contributed by atoms with Crippen LogP contribution in [0.1, 0.15) is 0 Å². The molecule has 1 saturated heterocycles. The zero-order valence-corrected chi connectivity index (χ0v) is 6.08. The Bertz CT molecular complexity index is 264. The van der Waals surface area contributed by atoms with Crippen LogP contribution < -0.4 is 5.32 Å². The molecular weight excluding hydrogens is 170 g/mol. The largest absolute Gasteiger partial charge is 0.294 e. The van der Waals surface area contributed by atoms with Crippen molar-refractivity contribution in [2.45, 2.75) is 11.5 Å². The number of fused-ring (bicyclic) bond motifs is 1. The van der Waals surface area contributed by atoms with Gasteiger partial charge in [-0.3, -0.25) is 14.9 Å². The minimum absolute atomic E-state index is 0.370. The van der Waals surface area contributed by atoms with Gasteiger partial charge < -0.3 is 0 Å². The van der Waals surface area contributed by atoms with E-state index in [-0.39, 0.29) is 5.91 Å². The first kappa shape index (κ1) is 6.72. The van der Waals surface area contributed by atoms with Crippen LogP contribution in [-0.2, 0) is 9.59 Å². The van der Waals surface area contributed by atoms with Crippen LogP contribution in [0.25, 0.3) is 0 Å². The predicted octanol–water partition coefficient (Wildman–Crippen LogP) is -0.342. The molecule has 2 aliphatic heterocycles. The smallest absolute Gasteiger partial charge is 0.254 e. The van der Waals surface area contributed by atoms with Crippen LogP contribution in [0.4, 0.5) is 0 Å². The number of hydrogen-bond donors (Lipinski definition) is 1. The summed E-state index contributed by atoms with van der Waals surface area (Å²) in [4.78, 5) is 21.8. The molecule has 58 valence electrons. The van der Waals surface area contributed by atoms with Crippen molar-refractivity contribution in [1.29, 1.82) is 0 Å². The van der Waals surface area contributed by atoms with Crippen LogP contribution in [0.2, 0.25) is 0 Å². The second kappa shape index (κ2) is 2.01. The van der Waals surface area contributed by atoms with Crippen molar-refractivity contribution >= 4 is 23.4 Å². The van der Waals surface area contributed by atoms with Gasteiger partial charge in [-0.1, -0.05) is 11.6 Å². The van der Waals surface area contributed by atoms with Gasteiger partial charge in [-0.05, 0) is 0 Å². The van der Waals surface area contributed by atoms with Crippen LogP contribution in [0.5, 0.6) is 0 Å². The molecule has 0 aromatic heterocycles. The molecule has 1 N–H and O–H groups in total. The predicted molar refractivity (Wildman–Crippen MR) is 34.9 cm³/mol. The first-order valence-corrected chi connectivity index (χ1v) is 3.52. The molecule has 0 aromatic rings. The Balaban J connectivity index is 2.34. The Kier molecular flexibility index (Phi) is 1.23. The number of azo groups is 1. The van der Waals surface area contributed by atoms with Crippen LogP contribution in [0, 0.1) is 5.92 Å². The molecule has 2 aliphatic rings. The molecule has 0 radical (unpaired) electrons. The minimum atomic E-state index is -0.676. The molecule has 6 heteroatoms. The monoisotopic (exact) mass is 173 g/mol. The second-order valence-electron chi connectivity index (χ2n) is 2.43. The summed E-state index contributed by atoms with van der Waals surface area (Å²) in [5, 5.41) is 9.23. The second-order valence-corrected chi connectivity index (χ2v) is 2.87. The Morgan fingerprint density at radius 1 is 1.27 bits per heavy atom. The molecular formula is C5H4ClN3O2. The maximum atomic E-state index is 10.9. The molecule has 3 atom stereocenters. The van der Waals surface area contributed by atoms with Gasteiger partial charge in [-0.25, -0.2) is 0 Å². The average Bonchev–Trinajstić information content (AvgIpc) is 2.41. The fraction of sp³-hybridized carbons (Fsp3) is 0.600. The number of carbonyl (C=O) groups is 2. The van der Waals surface area contributed by atoms with Gasteiger partial charge in [0.1, 0.15) is 5.92 Å². The van der Waals surface area contributed by atoms with E-state index in [9.17, 15) is 9.59 Å². The highest BCUT2D eigenvalue weighted by Gasteiger charge is 2.49. The van der Waals surface area contributed by atoms with E-state index in [4.69, 9.17) is 11.6 Å². The van der Waals surface area contributed by atoms with E-state index in [1.165, 1.54) is 0 Å². The highest BCUT2D eigenvalue weighted by atomic mass is 35.5. The van der Waals surface area contributed by atoms with Gasteiger partial charge >= 0.3 is 0 Å². The van der Waals surface area contributed by atoms with Gasteiger partial charge in [0.25, 0.3) is 5.91 Å². The van der Waals surface area contributed by atoms with Crippen LogP contribution in [0.15, 0.2) is 10.2 Å². The van der Waals surface area contributed by atoms with Gasteiger partial charge in [-0.15, -0.1) is 0 Å². The normalized spacial score (nSPS) is 41.0. The molecule has 11 heavy (non-hydrogen) atoms. The van der Waals surface area contributed by atoms with Gasteiger partial charge in [-0.2, -0.15) is 10.2 Å². The highest BCUT2D eigenvalue weighted by molar-refractivity contribution is 6.24. The zero-order valence-electron chi connectivity index (χ0n) is 5.32. The van der Waals surface area contributed by atoms with Gasteiger partial charge in [0, 0.05) is 0 Å². The van der Waals surface area contributed by atoms with E-state index in [2.05, 4.69) is 15.5 Å². The van der Waals surface area contributed by atoms with Crippen molar-refractivity contribution in [3.05, 3.63) is 0 Å². The number of imide groups is 1. The lowest BCUT2D eigenvalue weighted by atomic mass is 10.1. The first-order chi connectivity index (χ1) is 5.20. The summed E-state index contributed by atoms with van der Waals surface area (Å²) in [5.74, 6) is -1.35. The van der Waals surface area contributed by atoms with Crippen LogP contribution in [0.3, 0.4) is 0 Å². The molecule has 2 rings (SSSR count). The van der Waals surface area contributed by atoms with Gasteiger partial charge in [0.2, 0.25) is 5.91 Å². The molecule has 2 heterocycles. The van der Waals surface area contributed by atoms with Crippen molar-refractivity contribution in [3.63, 3.8) is 0 Å². The third kappa shape index (κ3) is 0.773. The molecule has 0 spiro atoms. The summed E-state index contributed by atoms with van der Waals surface area (Å²) >= 11 is 5.60. The van der Waals surface area contributed by atoms with Crippen molar-refractivity contribution in [1.82, 2.24) is 5.32 Å². The number of rotatable bonds is 0. The molecule has 0 bridgehead atoms. The topological polar surface area (TPSA) is 70.9 Å². The molecule has 2 amide bonds. The molecule has 5 nitrogen and oxygen atoms in total. The van der Waals surface area contributed by atoms with Crippen LogP contribution >= 0.6 is 11.6 Å². The van der Waals surface area contributed by atoms with E-state index in [1.54, 1.807) is 0 Å². The number of hydrogen-bond acceptors (Lipinski definition) is 4. The first-order valence-electron chi connectivity index (χ1n) is 3.09. The lowest BCUT2D eigenvalue weighted by molar-refractivity contribution is -0.126. The van der Waals surface area contributed by atoms with Crippen LogP contribution in [-0.4, -0.2) is 23.4 Å². The lowest BCUT2D eigenvalue weighted by Crippen LogP contribution is -2.25. The fourth-order valence-corrected chi connectivity index (χ4v) is 1.49. The van der Waals surface area contributed by atoms with Gasteiger partial charge in [0.05, 0.1) is 0 Å². The summed E-state index contributed by atoms with van der Waals surface area (Å²) in [5.41, 5.74) is -0.675. The Morgan fingerprint density at radius 2 is 2.00 bits per heavy atom. The zero-order chi connectivity index (χ0) is 8.01. The minimum Gasteiger partial charge on any atom is -0.294 e. The summed E-state index contributed by atoms with van der Waals surface area (Å²) < 4.78 is 0. The van der Waals surface area contributed by atoms with E-state index in [0.717, 1.165) is 0 Å². The number of nitrogens with one attached hydrogen (secondary N) is 1. The van der Waals surface area contributed by atoms with E-state index < -0.39 is 23.4 Å². The summed E-state index contributed by atoms with van der Waals surface area (Å²) in [6.45, 7) is 0. The van der Waals surface area contributed by atoms with Crippen molar-refractivity contribution < 1.29 is 9.59 Å². The molecule has 1 fully saturated rings. The van der Waals surface area contributed by atoms with E-state index >= 15 is 0 Å². The van der Waals surface area contributed by atoms with E-state index in [1.807, 2.05) is 0 Å². The molecule has 0 saturated carbocycles. The Labute approximate surface area is 66.8 Å². The molecule has 0 aromatic carbocycles. The Hall–Kier alpha value is -0.970. The highest BCUT2D eigenvalue weighted by Crippen LogP contribution is 2.30. The number of alkyl halides is 1. The standard InChI is InChI=1S/C5H4ClN3O2/c6-3-1-2(8-9-3)5(11)7-4(1)10/h1-3H,(H,7,10,11). The van der Waals surface area contributed by atoms with Crippen molar-refractivity contribution in [2.24, 2.45) is 16.1 Å². The summed E-state index contributed by atoms with van der Waals surface area (Å²) in [7, 11) is 0. The lowest BCUT2D eigenvalue weighted by Gasteiger charge is -2.01. The Morgan fingerprint density at radius 3 is 2.64 bits per heavy atom. The molecule has 3 unspecified atom stereocenters. The van der Waals surface area contributed by atoms with E-state index in [0.29, 0.717) is 0 Å². The van der Waals surface area contributed by atoms with Gasteiger partial charge in [0.15, 0.2) is 11.5 Å². The number of halogens is 1. The quantitative estimate of drug-likeness (QED) is 0.309. The SMILES string of the molecule is O=C1NC(=O)C2C(Cl)N=NC12. The summed E-state index contributed by atoms with van der Waals surface area (Å²) in [6, 6.07) is -0.676.